The first-order valence-electron chi connectivity index (χ1n) is 6.66. The van der Waals surface area contributed by atoms with E-state index in [1.54, 1.807) is 11.8 Å². The second-order valence-electron chi connectivity index (χ2n) is 4.72. The Balaban J connectivity index is 2.01. The van der Waals surface area contributed by atoms with E-state index in [1.165, 1.54) is 27.3 Å². The SMILES string of the molecule is CCCNCc1ccc(Sc2cnn(C)c2)cc1C. The third-order valence-electron chi connectivity index (χ3n) is 2.97. The Morgan fingerprint density at radius 3 is 2.79 bits per heavy atom. The Labute approximate surface area is 119 Å². The summed E-state index contributed by atoms with van der Waals surface area (Å²) in [5.74, 6) is 0. The maximum absolute atomic E-state index is 4.19. The summed E-state index contributed by atoms with van der Waals surface area (Å²) in [5, 5.41) is 7.63. The van der Waals surface area contributed by atoms with E-state index in [0.717, 1.165) is 13.1 Å². The van der Waals surface area contributed by atoms with E-state index >= 15 is 0 Å². The zero-order valence-corrected chi connectivity index (χ0v) is 12.6. The number of nitrogens with zero attached hydrogens (tertiary/aromatic N) is 2. The summed E-state index contributed by atoms with van der Waals surface area (Å²) in [6.07, 6.45) is 5.11. The Morgan fingerprint density at radius 2 is 2.16 bits per heavy atom. The van der Waals surface area contributed by atoms with Crippen molar-refractivity contribution >= 4 is 11.8 Å². The molecule has 0 amide bonds. The predicted octanol–water partition coefficient (Wildman–Crippen LogP) is 3.38. The largest absolute Gasteiger partial charge is 0.313 e. The van der Waals surface area contributed by atoms with Gasteiger partial charge < -0.3 is 5.32 Å². The minimum Gasteiger partial charge on any atom is -0.313 e. The lowest BCUT2D eigenvalue weighted by molar-refractivity contribution is 0.673. The molecule has 0 spiro atoms. The molecular weight excluding hydrogens is 254 g/mol. The molecule has 0 fully saturated rings. The van der Waals surface area contributed by atoms with Gasteiger partial charge in [0.05, 0.1) is 11.1 Å². The van der Waals surface area contributed by atoms with Crippen LogP contribution in [-0.4, -0.2) is 16.3 Å². The van der Waals surface area contributed by atoms with E-state index in [0.29, 0.717) is 0 Å². The van der Waals surface area contributed by atoms with Gasteiger partial charge in [-0.25, -0.2) is 0 Å². The summed E-state index contributed by atoms with van der Waals surface area (Å²) in [7, 11) is 1.94. The fourth-order valence-corrected chi connectivity index (χ4v) is 2.87. The van der Waals surface area contributed by atoms with Crippen LogP contribution < -0.4 is 5.32 Å². The quantitative estimate of drug-likeness (QED) is 0.820. The topological polar surface area (TPSA) is 29.9 Å². The number of aromatic nitrogens is 2. The fourth-order valence-electron chi connectivity index (χ4n) is 1.92. The molecule has 0 saturated heterocycles. The molecule has 1 heterocycles. The second-order valence-corrected chi connectivity index (χ2v) is 5.86. The van der Waals surface area contributed by atoms with Crippen LogP contribution in [0.25, 0.3) is 0 Å². The third-order valence-corrected chi connectivity index (χ3v) is 3.91. The fraction of sp³-hybridized carbons (Fsp3) is 0.400. The number of hydrogen-bond acceptors (Lipinski definition) is 3. The van der Waals surface area contributed by atoms with Gasteiger partial charge in [-0.15, -0.1) is 0 Å². The highest BCUT2D eigenvalue weighted by Gasteiger charge is 2.03. The van der Waals surface area contributed by atoms with Gasteiger partial charge in [0.2, 0.25) is 0 Å². The summed E-state index contributed by atoms with van der Waals surface area (Å²) in [4.78, 5) is 2.45. The van der Waals surface area contributed by atoms with Crippen LogP contribution in [0.15, 0.2) is 40.4 Å². The van der Waals surface area contributed by atoms with Crippen LogP contribution in [0.2, 0.25) is 0 Å². The first-order chi connectivity index (χ1) is 9.19. The van der Waals surface area contributed by atoms with Gasteiger partial charge in [0.25, 0.3) is 0 Å². The molecule has 1 aromatic heterocycles. The van der Waals surface area contributed by atoms with Crippen molar-refractivity contribution in [3.8, 4) is 0 Å². The average Bonchev–Trinajstić information content (AvgIpc) is 2.78. The van der Waals surface area contributed by atoms with E-state index in [1.807, 2.05) is 24.1 Å². The van der Waals surface area contributed by atoms with E-state index in [2.05, 4.69) is 42.5 Å². The van der Waals surface area contributed by atoms with Crippen LogP contribution in [0.5, 0.6) is 0 Å². The Morgan fingerprint density at radius 1 is 1.32 bits per heavy atom. The van der Waals surface area contributed by atoms with Crippen molar-refractivity contribution in [1.82, 2.24) is 15.1 Å². The standard InChI is InChI=1S/C15H21N3S/c1-4-7-16-9-13-5-6-14(8-12(13)2)19-15-10-17-18(3)11-15/h5-6,8,10-11,16H,4,7,9H2,1-3H3. The van der Waals surface area contributed by atoms with Crippen molar-refractivity contribution in [2.24, 2.45) is 7.05 Å². The minimum absolute atomic E-state index is 0.956. The van der Waals surface area contributed by atoms with Crippen LogP contribution in [-0.2, 0) is 13.6 Å². The van der Waals surface area contributed by atoms with Crippen LogP contribution in [0, 0.1) is 6.92 Å². The lowest BCUT2D eigenvalue weighted by atomic mass is 10.1. The highest BCUT2D eigenvalue weighted by atomic mass is 32.2. The van der Waals surface area contributed by atoms with Crippen LogP contribution in [0.3, 0.4) is 0 Å². The third kappa shape index (κ3) is 4.11. The van der Waals surface area contributed by atoms with E-state index in [4.69, 9.17) is 0 Å². The molecule has 2 aromatic rings. The van der Waals surface area contributed by atoms with Gasteiger partial charge in [-0.1, -0.05) is 24.8 Å². The first kappa shape index (κ1) is 14.2. The van der Waals surface area contributed by atoms with Crippen LogP contribution in [0.4, 0.5) is 0 Å². The molecule has 0 unspecified atom stereocenters. The molecule has 0 aliphatic heterocycles. The molecule has 0 aliphatic carbocycles. The van der Waals surface area contributed by atoms with Gasteiger partial charge in [0.15, 0.2) is 0 Å². The molecule has 2 rings (SSSR count). The second kappa shape index (κ2) is 6.78. The number of nitrogens with one attached hydrogen (secondary N) is 1. The van der Waals surface area contributed by atoms with E-state index < -0.39 is 0 Å². The normalized spacial score (nSPS) is 10.9. The Kier molecular flexibility index (Phi) is 5.05. The molecule has 19 heavy (non-hydrogen) atoms. The van der Waals surface area contributed by atoms with Gasteiger partial charge in [-0.05, 0) is 43.1 Å². The van der Waals surface area contributed by atoms with Gasteiger partial charge in [-0.3, -0.25) is 4.68 Å². The summed E-state index contributed by atoms with van der Waals surface area (Å²) >= 11 is 1.76. The highest BCUT2D eigenvalue weighted by molar-refractivity contribution is 7.99. The van der Waals surface area contributed by atoms with Gasteiger partial charge in [0, 0.05) is 24.7 Å². The van der Waals surface area contributed by atoms with Crippen molar-refractivity contribution in [3.63, 3.8) is 0 Å². The lowest BCUT2D eigenvalue weighted by Gasteiger charge is -2.08. The van der Waals surface area contributed by atoms with E-state index in [-0.39, 0.29) is 0 Å². The number of hydrogen-bond donors (Lipinski definition) is 1. The molecule has 1 aromatic carbocycles. The predicted molar refractivity (Wildman–Crippen MR) is 80.5 cm³/mol. The van der Waals surface area contributed by atoms with Crippen molar-refractivity contribution in [1.29, 1.82) is 0 Å². The van der Waals surface area contributed by atoms with Crippen LogP contribution >= 0.6 is 11.8 Å². The van der Waals surface area contributed by atoms with Crippen molar-refractivity contribution in [3.05, 3.63) is 41.7 Å². The van der Waals surface area contributed by atoms with Gasteiger partial charge in [-0.2, -0.15) is 5.10 Å². The number of rotatable bonds is 6. The maximum Gasteiger partial charge on any atom is 0.0629 e. The summed E-state index contributed by atoms with van der Waals surface area (Å²) in [5.41, 5.74) is 2.72. The molecule has 102 valence electrons. The molecule has 0 atom stereocenters. The van der Waals surface area contributed by atoms with E-state index in [9.17, 15) is 0 Å². The van der Waals surface area contributed by atoms with Crippen LogP contribution in [0.1, 0.15) is 24.5 Å². The Bertz CT molecular complexity index is 534. The van der Waals surface area contributed by atoms with Gasteiger partial charge in [0.1, 0.15) is 0 Å². The van der Waals surface area contributed by atoms with Crippen molar-refractivity contribution < 1.29 is 0 Å². The smallest absolute Gasteiger partial charge is 0.0629 e. The average molecular weight is 275 g/mol. The molecule has 0 radical (unpaired) electrons. The molecule has 1 N–H and O–H groups in total. The zero-order valence-electron chi connectivity index (χ0n) is 11.8. The number of aryl methyl sites for hydroxylation is 2. The lowest BCUT2D eigenvalue weighted by Crippen LogP contribution is -2.14. The Hall–Kier alpha value is -1.26. The summed E-state index contributed by atoms with van der Waals surface area (Å²) in [6.45, 7) is 6.40. The molecular formula is C15H21N3S. The molecule has 0 bridgehead atoms. The van der Waals surface area contributed by atoms with Crippen molar-refractivity contribution in [2.45, 2.75) is 36.6 Å². The monoisotopic (exact) mass is 275 g/mol. The molecule has 0 aliphatic rings. The molecule has 3 nitrogen and oxygen atoms in total. The van der Waals surface area contributed by atoms with Gasteiger partial charge >= 0.3 is 0 Å². The number of benzene rings is 1. The molecule has 4 heteroatoms. The molecule has 0 saturated carbocycles. The van der Waals surface area contributed by atoms with Crippen molar-refractivity contribution in [2.75, 3.05) is 6.54 Å². The summed E-state index contributed by atoms with van der Waals surface area (Å²) < 4.78 is 1.83. The highest BCUT2D eigenvalue weighted by Crippen LogP contribution is 2.28. The first-order valence-corrected chi connectivity index (χ1v) is 7.47. The maximum atomic E-state index is 4.19. The summed E-state index contributed by atoms with van der Waals surface area (Å²) in [6, 6.07) is 6.66. The zero-order chi connectivity index (χ0) is 13.7. The minimum atomic E-state index is 0.956.